The second-order valence-electron chi connectivity index (χ2n) is 11.9. The van der Waals surface area contributed by atoms with Crippen molar-refractivity contribution in [3.8, 4) is 0 Å². The number of carbonyl (C=O) groups is 1. The summed E-state index contributed by atoms with van der Waals surface area (Å²) in [6, 6.07) is -1.61. The van der Waals surface area contributed by atoms with Crippen LogP contribution in [0.5, 0.6) is 0 Å². The van der Waals surface area contributed by atoms with E-state index in [1.807, 2.05) is 0 Å². The molecule has 1 amide bonds. The first-order valence-electron chi connectivity index (χ1n) is 15.1. The maximum Gasteiger partial charge on any atom is 0.217 e. The van der Waals surface area contributed by atoms with Gasteiger partial charge >= 0.3 is 0 Å². The molecule has 0 bridgehead atoms. The fraction of sp³-hybridized carbons (Fsp3) is 0.962. The van der Waals surface area contributed by atoms with Crippen LogP contribution in [0.15, 0.2) is 0 Å². The quantitative estimate of drug-likeness (QED) is 0.0947. The number of carbonyl (C=O) groups excluding carboxylic acids is 1. The Balaban J connectivity index is 1.56. The summed E-state index contributed by atoms with van der Waals surface area (Å²) in [5, 5.41) is 136. The molecular weight excluding hydrogens is 662 g/mol. The molecule has 4 rings (SSSR count). The van der Waals surface area contributed by atoms with Gasteiger partial charge in [-0.1, -0.05) is 0 Å². The van der Waals surface area contributed by atoms with Crippen LogP contribution in [0.4, 0.5) is 0 Å². The monoisotopic (exact) mass is 707 g/mol. The van der Waals surface area contributed by atoms with Gasteiger partial charge in [0.2, 0.25) is 5.91 Å². The SMILES string of the molecule is CC(=O)N[C@H]1[C@@H](O[C@H]2[C@@H](O)[C@@H](CO)O[C@@H](O[C@H]3[C@H](O)[C@@H](O)[C@@H](O)O[C@@H]3CO)[C@@H]2O)O[C@H](CO)[C@@H](O[C@@H]2O[C@H](CO)[C@H](O)[C@H](O)[C@H]2O)[C@@H]1O. The van der Waals surface area contributed by atoms with E-state index in [0.29, 0.717) is 0 Å². The van der Waals surface area contributed by atoms with Crippen molar-refractivity contribution in [2.45, 2.75) is 130 Å². The minimum absolute atomic E-state index is 0.755. The summed E-state index contributed by atoms with van der Waals surface area (Å²) < 4.78 is 38.5. The third kappa shape index (κ3) is 8.08. The highest BCUT2D eigenvalue weighted by Gasteiger charge is 2.55. The smallest absolute Gasteiger partial charge is 0.217 e. The Morgan fingerprint density at radius 3 is 1.50 bits per heavy atom. The van der Waals surface area contributed by atoms with Crippen LogP contribution in [0.2, 0.25) is 0 Å². The predicted molar refractivity (Wildman–Crippen MR) is 145 cm³/mol. The van der Waals surface area contributed by atoms with Gasteiger partial charge in [0, 0.05) is 6.92 Å². The van der Waals surface area contributed by atoms with Gasteiger partial charge in [-0.15, -0.1) is 0 Å². The normalized spacial score (nSPS) is 50.2. The molecule has 22 nitrogen and oxygen atoms in total. The second-order valence-corrected chi connectivity index (χ2v) is 11.9. The lowest BCUT2D eigenvalue weighted by molar-refractivity contribution is -0.380. The molecule has 0 aromatic heterocycles. The van der Waals surface area contributed by atoms with Gasteiger partial charge in [-0.2, -0.15) is 0 Å². The van der Waals surface area contributed by atoms with Crippen molar-refractivity contribution in [2.24, 2.45) is 0 Å². The lowest BCUT2D eigenvalue weighted by Gasteiger charge is -2.49. The molecule has 20 atom stereocenters. The molecule has 0 aromatic carbocycles. The van der Waals surface area contributed by atoms with E-state index < -0.39 is 155 Å². The van der Waals surface area contributed by atoms with E-state index in [2.05, 4.69) is 5.32 Å². The Hall–Kier alpha value is -1.33. The highest BCUT2D eigenvalue weighted by atomic mass is 16.8. The lowest BCUT2D eigenvalue weighted by Crippen LogP contribution is -2.69. The zero-order chi connectivity index (χ0) is 35.6. The maximum atomic E-state index is 12.2. The van der Waals surface area contributed by atoms with Crippen LogP contribution in [-0.4, -0.2) is 221 Å². The fourth-order valence-corrected chi connectivity index (χ4v) is 5.95. The maximum absolute atomic E-state index is 12.2. The van der Waals surface area contributed by atoms with Crippen LogP contribution in [0, 0.1) is 0 Å². The van der Waals surface area contributed by atoms with Gasteiger partial charge in [0.1, 0.15) is 97.6 Å². The number of hydrogen-bond acceptors (Lipinski definition) is 21. The van der Waals surface area contributed by atoms with E-state index in [1.165, 1.54) is 0 Å². The highest BCUT2D eigenvalue weighted by Crippen LogP contribution is 2.34. The van der Waals surface area contributed by atoms with Crippen LogP contribution in [0.25, 0.3) is 0 Å². The second kappa shape index (κ2) is 16.8. The molecule has 4 aliphatic heterocycles. The molecule has 280 valence electrons. The molecule has 0 aromatic rings. The van der Waals surface area contributed by atoms with Crippen LogP contribution in [0.1, 0.15) is 6.92 Å². The lowest BCUT2D eigenvalue weighted by atomic mass is 9.94. The molecule has 4 heterocycles. The van der Waals surface area contributed by atoms with Gasteiger partial charge in [-0.3, -0.25) is 4.79 Å². The third-order valence-corrected chi connectivity index (χ3v) is 8.61. The fourth-order valence-electron chi connectivity index (χ4n) is 5.95. The summed E-state index contributed by atoms with van der Waals surface area (Å²) in [5.41, 5.74) is 0. The largest absolute Gasteiger partial charge is 0.394 e. The van der Waals surface area contributed by atoms with Crippen molar-refractivity contribution < 1.29 is 104 Å². The molecule has 0 unspecified atom stereocenters. The summed E-state index contributed by atoms with van der Waals surface area (Å²) in [6.45, 7) is -2.37. The van der Waals surface area contributed by atoms with E-state index in [4.69, 9.17) is 33.2 Å². The van der Waals surface area contributed by atoms with Gasteiger partial charge in [0.25, 0.3) is 0 Å². The molecule has 0 radical (unpaired) electrons. The molecule has 4 aliphatic rings. The molecule has 4 fully saturated rings. The van der Waals surface area contributed by atoms with Crippen LogP contribution in [-0.2, 0) is 38.0 Å². The number of nitrogens with one attached hydrogen (secondary N) is 1. The van der Waals surface area contributed by atoms with E-state index >= 15 is 0 Å². The minimum Gasteiger partial charge on any atom is -0.394 e. The summed E-state index contributed by atoms with van der Waals surface area (Å²) in [4.78, 5) is 12.2. The van der Waals surface area contributed by atoms with Crippen LogP contribution < -0.4 is 5.32 Å². The molecule has 14 N–H and O–H groups in total. The van der Waals surface area contributed by atoms with Crippen molar-refractivity contribution in [1.82, 2.24) is 5.32 Å². The van der Waals surface area contributed by atoms with E-state index in [9.17, 15) is 71.2 Å². The number of hydrogen-bond donors (Lipinski definition) is 14. The summed E-state index contributed by atoms with van der Waals surface area (Å²) in [7, 11) is 0. The highest BCUT2D eigenvalue weighted by molar-refractivity contribution is 5.73. The van der Waals surface area contributed by atoms with Gasteiger partial charge < -0.3 is 105 Å². The van der Waals surface area contributed by atoms with E-state index in [0.717, 1.165) is 6.92 Å². The molecule has 0 spiro atoms. The van der Waals surface area contributed by atoms with Crippen molar-refractivity contribution in [1.29, 1.82) is 0 Å². The number of rotatable bonds is 11. The summed E-state index contributed by atoms with van der Waals surface area (Å²) >= 11 is 0. The average Bonchev–Trinajstić information content (AvgIpc) is 3.06. The van der Waals surface area contributed by atoms with Crippen LogP contribution in [0.3, 0.4) is 0 Å². The Bertz CT molecular complexity index is 1030. The third-order valence-electron chi connectivity index (χ3n) is 8.61. The number of ether oxygens (including phenoxy) is 7. The molecule has 4 saturated heterocycles. The Labute approximate surface area is 272 Å². The molecule has 0 saturated carbocycles. The minimum atomic E-state index is -2.02. The molecule has 0 aliphatic carbocycles. The standard InChI is InChI=1S/C26H45NO21/c1-6(32)27-11-14(35)20(46-25-18(39)15(36)12(33)7(2-28)43-25)10(5-31)45-24(11)48-22-13(34)8(3-29)44-26(19(22)40)47-21-9(4-30)42-23(41)17(38)16(21)37/h7-26,28-31,33-41H,2-5H2,1H3,(H,27,32)/t7-,8-,9-,10-,11-,12+,13+,14-,15+,16-,17-,18-,19-,20-,21-,22+,23+,24-,25+,26+/m1/s1. The average molecular weight is 708 g/mol. The molecule has 48 heavy (non-hydrogen) atoms. The first-order valence-corrected chi connectivity index (χ1v) is 15.1. The van der Waals surface area contributed by atoms with Gasteiger partial charge in [0.05, 0.1) is 26.4 Å². The Morgan fingerprint density at radius 2 is 0.958 bits per heavy atom. The first-order chi connectivity index (χ1) is 22.7. The molecular formula is C26H45NO21. The number of amides is 1. The van der Waals surface area contributed by atoms with Crippen molar-refractivity contribution in [3.63, 3.8) is 0 Å². The molecule has 22 heteroatoms. The number of aliphatic hydroxyl groups is 13. The zero-order valence-corrected chi connectivity index (χ0v) is 25.5. The Morgan fingerprint density at radius 1 is 0.500 bits per heavy atom. The van der Waals surface area contributed by atoms with Gasteiger partial charge in [-0.25, -0.2) is 0 Å². The van der Waals surface area contributed by atoms with Gasteiger partial charge in [-0.05, 0) is 0 Å². The van der Waals surface area contributed by atoms with E-state index in [-0.39, 0.29) is 0 Å². The van der Waals surface area contributed by atoms with Crippen molar-refractivity contribution in [2.75, 3.05) is 26.4 Å². The summed E-state index contributed by atoms with van der Waals surface area (Å²) in [5.74, 6) is -0.755. The van der Waals surface area contributed by atoms with E-state index in [1.54, 1.807) is 0 Å². The van der Waals surface area contributed by atoms with Crippen LogP contribution >= 0.6 is 0 Å². The van der Waals surface area contributed by atoms with Gasteiger partial charge in [0.15, 0.2) is 25.2 Å². The van der Waals surface area contributed by atoms with Crippen molar-refractivity contribution in [3.05, 3.63) is 0 Å². The number of aliphatic hydroxyl groups excluding tert-OH is 13. The Kier molecular flexibility index (Phi) is 13.8. The first kappa shape index (κ1) is 39.5. The zero-order valence-electron chi connectivity index (χ0n) is 25.5. The van der Waals surface area contributed by atoms with Crippen molar-refractivity contribution >= 4 is 5.91 Å². The topological polar surface area (TPSA) is 357 Å². The predicted octanol–water partition coefficient (Wildman–Crippen LogP) is -9.61. The summed E-state index contributed by atoms with van der Waals surface area (Å²) in [6.07, 6.45) is -33.5.